The molecule has 5 N–H and O–H groups in total. The highest BCUT2D eigenvalue weighted by Gasteiger charge is 2.43. The molecule has 1 aliphatic heterocycles. The van der Waals surface area contributed by atoms with Crippen LogP contribution in [0.3, 0.4) is 0 Å². The molecule has 1 aliphatic carbocycles. The summed E-state index contributed by atoms with van der Waals surface area (Å²) < 4.78 is 11.4. The van der Waals surface area contributed by atoms with Gasteiger partial charge in [0.15, 0.2) is 5.82 Å². The number of hydrogen-bond donors (Lipinski definition) is 4. The van der Waals surface area contributed by atoms with E-state index in [1.54, 1.807) is 0 Å². The van der Waals surface area contributed by atoms with Gasteiger partial charge in [-0.25, -0.2) is 9.78 Å². The summed E-state index contributed by atoms with van der Waals surface area (Å²) in [6, 6.07) is 19.9. The van der Waals surface area contributed by atoms with Gasteiger partial charge in [-0.3, -0.25) is 0 Å². The molecule has 3 aromatic rings. The zero-order chi connectivity index (χ0) is 27.5. The molecule has 0 unspecified atom stereocenters. The fraction of sp³-hybridized carbons (Fsp3) is 0.400. The minimum Gasteiger partial charge on any atom is -0.438 e. The third-order valence-electron chi connectivity index (χ3n) is 7.02. The van der Waals surface area contributed by atoms with Gasteiger partial charge in [-0.15, -0.1) is 0 Å². The van der Waals surface area contributed by atoms with E-state index in [2.05, 4.69) is 33.0 Å². The molecule has 0 atom stereocenters. The zero-order valence-electron chi connectivity index (χ0n) is 22.9. The molecule has 1 aromatic heterocycles. The summed E-state index contributed by atoms with van der Waals surface area (Å²) in [5.41, 5.74) is 9.81. The highest BCUT2D eigenvalue weighted by molar-refractivity contribution is 5.73. The van der Waals surface area contributed by atoms with E-state index in [0.29, 0.717) is 17.3 Å². The minimum absolute atomic E-state index is 0.350. The second-order valence-electron chi connectivity index (χ2n) is 11.2. The van der Waals surface area contributed by atoms with Gasteiger partial charge in [-0.1, -0.05) is 18.2 Å². The van der Waals surface area contributed by atoms with Crippen LogP contribution >= 0.6 is 0 Å². The highest BCUT2D eigenvalue weighted by Crippen LogP contribution is 2.45. The van der Waals surface area contributed by atoms with Crippen molar-refractivity contribution in [3.05, 3.63) is 66.2 Å². The number of nitrogens with zero attached hydrogens (tertiary/aromatic N) is 2. The summed E-state index contributed by atoms with van der Waals surface area (Å²) >= 11 is 0. The predicted octanol–water partition coefficient (Wildman–Crippen LogP) is 5.89. The Balaban J connectivity index is 1.26. The van der Waals surface area contributed by atoms with Crippen molar-refractivity contribution >= 4 is 40.5 Å². The fourth-order valence-electron chi connectivity index (χ4n) is 4.84. The van der Waals surface area contributed by atoms with Crippen molar-refractivity contribution in [2.45, 2.75) is 51.2 Å². The quantitative estimate of drug-likeness (QED) is 0.299. The first-order valence-electron chi connectivity index (χ1n) is 13.5. The lowest BCUT2D eigenvalue weighted by atomic mass is 9.75. The van der Waals surface area contributed by atoms with Gasteiger partial charge in [-0.2, -0.15) is 0 Å². The topological polar surface area (TPSA) is 114 Å². The molecule has 2 fully saturated rings. The summed E-state index contributed by atoms with van der Waals surface area (Å²) in [4.78, 5) is 19.5. The van der Waals surface area contributed by atoms with Crippen LogP contribution in [0, 0.1) is 0 Å². The summed E-state index contributed by atoms with van der Waals surface area (Å²) in [6.45, 7) is 9.07. The second kappa shape index (κ2) is 11.0. The number of pyridine rings is 1. The van der Waals surface area contributed by atoms with Crippen LogP contribution in [0.1, 0.15) is 45.6 Å². The Bertz CT molecular complexity index is 1290. The molecular formula is C30H38N6O3. The minimum atomic E-state index is -0.579. The summed E-state index contributed by atoms with van der Waals surface area (Å²) in [7, 11) is 0. The Morgan fingerprint density at radius 3 is 2.41 bits per heavy atom. The largest absolute Gasteiger partial charge is 0.438 e. The van der Waals surface area contributed by atoms with Crippen LogP contribution in [-0.4, -0.2) is 42.9 Å². The van der Waals surface area contributed by atoms with Crippen LogP contribution in [0.15, 0.2) is 60.7 Å². The molecule has 0 bridgehead atoms. The zero-order valence-corrected chi connectivity index (χ0v) is 22.9. The second-order valence-corrected chi connectivity index (χ2v) is 11.2. The maximum absolute atomic E-state index is 12.5. The van der Waals surface area contributed by atoms with E-state index in [1.165, 1.54) is 0 Å². The number of nitrogens with one attached hydrogen (secondary N) is 3. The number of hydrogen-bond acceptors (Lipinski definition) is 8. The number of morpholine rings is 1. The number of carbonyl (C=O) groups is 1. The van der Waals surface area contributed by atoms with Gasteiger partial charge in [0.05, 0.1) is 18.9 Å². The SMILES string of the molecule is CC(C)(C)NC(=O)OC1(c2ccc(Nc3nc(Nc4cccc(N5CCOCC5)c4)ccc3N)cc2)CCC1. The summed E-state index contributed by atoms with van der Waals surface area (Å²) in [5, 5.41) is 9.62. The maximum Gasteiger partial charge on any atom is 0.408 e. The Kier molecular flexibility index (Phi) is 7.52. The maximum atomic E-state index is 12.5. The molecular weight excluding hydrogens is 492 g/mol. The molecule has 2 aliphatic rings. The van der Waals surface area contributed by atoms with Crippen LogP contribution in [0.25, 0.3) is 0 Å². The third-order valence-corrected chi connectivity index (χ3v) is 7.02. The lowest BCUT2D eigenvalue weighted by molar-refractivity contribution is -0.0549. The van der Waals surface area contributed by atoms with E-state index < -0.39 is 5.60 Å². The van der Waals surface area contributed by atoms with Gasteiger partial charge in [0.2, 0.25) is 0 Å². The molecule has 1 amide bonds. The van der Waals surface area contributed by atoms with Crippen LogP contribution in [0.4, 0.5) is 39.2 Å². The number of nitrogen functional groups attached to an aromatic ring is 1. The number of nitrogens with two attached hydrogens (primary N) is 1. The van der Waals surface area contributed by atoms with E-state index in [9.17, 15) is 4.79 Å². The van der Waals surface area contributed by atoms with Crippen molar-refractivity contribution in [3.8, 4) is 0 Å². The molecule has 0 spiro atoms. The van der Waals surface area contributed by atoms with Crippen LogP contribution < -0.4 is 26.6 Å². The molecule has 9 heteroatoms. The van der Waals surface area contributed by atoms with Gasteiger partial charge in [0.1, 0.15) is 11.4 Å². The van der Waals surface area contributed by atoms with Crippen LogP contribution in [0.5, 0.6) is 0 Å². The van der Waals surface area contributed by atoms with Gasteiger partial charge >= 0.3 is 6.09 Å². The van der Waals surface area contributed by atoms with Gasteiger partial charge in [0.25, 0.3) is 0 Å². The number of anilines is 6. The average molecular weight is 531 g/mol. The molecule has 2 aromatic carbocycles. The molecule has 9 nitrogen and oxygen atoms in total. The molecule has 0 radical (unpaired) electrons. The first-order valence-corrected chi connectivity index (χ1v) is 13.5. The van der Waals surface area contributed by atoms with E-state index in [1.807, 2.05) is 69.3 Å². The molecule has 5 rings (SSSR count). The lowest BCUT2D eigenvalue weighted by Gasteiger charge is -2.42. The highest BCUT2D eigenvalue weighted by atomic mass is 16.6. The van der Waals surface area contributed by atoms with Crippen molar-refractivity contribution < 1.29 is 14.3 Å². The monoisotopic (exact) mass is 530 g/mol. The van der Waals surface area contributed by atoms with Crippen molar-refractivity contribution in [1.82, 2.24) is 10.3 Å². The Labute approximate surface area is 230 Å². The molecule has 1 saturated heterocycles. The third kappa shape index (κ3) is 6.54. The predicted molar refractivity (Wildman–Crippen MR) is 156 cm³/mol. The van der Waals surface area contributed by atoms with E-state index in [4.69, 9.17) is 20.2 Å². The van der Waals surface area contributed by atoms with Gasteiger partial charge in [0, 0.05) is 35.7 Å². The number of alkyl carbamates (subject to hydrolysis) is 1. The van der Waals surface area contributed by atoms with Crippen molar-refractivity contribution in [1.29, 1.82) is 0 Å². The Morgan fingerprint density at radius 1 is 1.00 bits per heavy atom. The number of carbonyl (C=O) groups excluding carboxylic acids is 1. The standard InChI is InChI=1S/C30H38N6O3/c1-29(2,3)35-28(37)39-30(14-5-15-30)21-8-10-22(11-9-21)33-27-25(31)12-13-26(34-27)32-23-6-4-7-24(20-23)36-16-18-38-19-17-36/h4,6-13,20H,5,14-19,31H2,1-3H3,(H,35,37)(H2,32,33,34). The summed E-state index contributed by atoms with van der Waals surface area (Å²) in [5.74, 6) is 1.25. The van der Waals surface area contributed by atoms with Crippen LogP contribution in [0.2, 0.25) is 0 Å². The number of rotatable bonds is 7. The van der Waals surface area contributed by atoms with Crippen molar-refractivity contribution in [3.63, 3.8) is 0 Å². The normalized spacial score (nSPS) is 16.6. The molecule has 206 valence electrons. The van der Waals surface area contributed by atoms with E-state index in [0.717, 1.165) is 68.2 Å². The first-order chi connectivity index (χ1) is 18.7. The van der Waals surface area contributed by atoms with Crippen molar-refractivity contribution in [2.75, 3.05) is 47.6 Å². The number of benzene rings is 2. The van der Waals surface area contributed by atoms with Crippen LogP contribution in [-0.2, 0) is 15.1 Å². The molecule has 39 heavy (non-hydrogen) atoms. The number of amides is 1. The number of aromatic nitrogens is 1. The Hall–Kier alpha value is -3.98. The fourth-order valence-corrected chi connectivity index (χ4v) is 4.84. The average Bonchev–Trinajstić information content (AvgIpc) is 2.88. The first kappa shape index (κ1) is 26.6. The Morgan fingerprint density at radius 2 is 1.74 bits per heavy atom. The van der Waals surface area contributed by atoms with Crippen molar-refractivity contribution in [2.24, 2.45) is 0 Å². The number of ether oxygens (including phenoxy) is 2. The summed E-state index contributed by atoms with van der Waals surface area (Å²) in [6.07, 6.45) is 2.26. The van der Waals surface area contributed by atoms with E-state index in [-0.39, 0.29) is 11.6 Å². The molecule has 2 heterocycles. The van der Waals surface area contributed by atoms with E-state index >= 15 is 0 Å². The lowest BCUT2D eigenvalue weighted by Crippen LogP contribution is -2.47. The van der Waals surface area contributed by atoms with Gasteiger partial charge < -0.3 is 36.1 Å². The molecule has 1 saturated carbocycles. The van der Waals surface area contributed by atoms with Gasteiger partial charge in [-0.05, 0) is 88.1 Å². The smallest absolute Gasteiger partial charge is 0.408 e.